The molecule has 2 aliphatic rings. The number of thioether (sulfide) groups is 2. The molecule has 2 heterocycles. The van der Waals surface area contributed by atoms with Gasteiger partial charge in [0, 0.05) is 12.2 Å². The number of esters is 1. The summed E-state index contributed by atoms with van der Waals surface area (Å²) >= 11 is 3.20. The van der Waals surface area contributed by atoms with Gasteiger partial charge in [0.1, 0.15) is 0 Å². The van der Waals surface area contributed by atoms with Crippen LogP contribution in [-0.4, -0.2) is 35.4 Å². The molecule has 92 valence electrons. The van der Waals surface area contributed by atoms with E-state index in [9.17, 15) is 4.79 Å². The van der Waals surface area contributed by atoms with Crippen molar-refractivity contribution in [2.45, 2.75) is 13.3 Å². The summed E-state index contributed by atoms with van der Waals surface area (Å²) in [6.45, 7) is 3.03. The maximum atomic E-state index is 11.4. The Kier molecular flexibility index (Phi) is 4.17. The second-order valence-electron chi connectivity index (χ2n) is 3.46. The van der Waals surface area contributed by atoms with Gasteiger partial charge < -0.3 is 9.64 Å². The van der Waals surface area contributed by atoms with Crippen molar-refractivity contribution < 1.29 is 9.53 Å². The van der Waals surface area contributed by atoms with E-state index < -0.39 is 0 Å². The van der Waals surface area contributed by atoms with Crippen molar-refractivity contribution in [1.29, 1.82) is 0 Å². The third-order valence-electron chi connectivity index (χ3n) is 2.37. The summed E-state index contributed by atoms with van der Waals surface area (Å²) in [7, 11) is 0. The summed E-state index contributed by atoms with van der Waals surface area (Å²) in [5.74, 6) is -0.180. The minimum Gasteiger partial charge on any atom is -0.466 e. The predicted molar refractivity (Wildman–Crippen MR) is 72.7 cm³/mol. The fourth-order valence-electron chi connectivity index (χ4n) is 1.59. The van der Waals surface area contributed by atoms with E-state index in [2.05, 4.69) is 16.0 Å². The average molecular weight is 270 g/mol. The van der Waals surface area contributed by atoms with E-state index in [-0.39, 0.29) is 5.97 Å². The Morgan fingerprint density at radius 1 is 1.71 bits per heavy atom. The first kappa shape index (κ1) is 12.6. The van der Waals surface area contributed by atoms with Crippen LogP contribution in [0.2, 0.25) is 0 Å². The molecule has 0 bridgehead atoms. The fraction of sp³-hybridized carbons (Fsp3) is 0.455. The largest absolute Gasteiger partial charge is 0.466 e. The van der Waals surface area contributed by atoms with Gasteiger partial charge in [-0.2, -0.15) is 0 Å². The van der Waals surface area contributed by atoms with Gasteiger partial charge in [-0.15, -0.1) is 11.8 Å². The number of nitrogens with zero attached hydrogens (tertiary/aromatic N) is 2. The van der Waals surface area contributed by atoms with Gasteiger partial charge in [0.05, 0.1) is 18.1 Å². The van der Waals surface area contributed by atoms with Crippen molar-refractivity contribution in [3.05, 3.63) is 22.2 Å². The molecule has 2 aliphatic heterocycles. The molecule has 0 atom stereocenters. The summed E-state index contributed by atoms with van der Waals surface area (Å²) in [6, 6.07) is 0. The summed E-state index contributed by atoms with van der Waals surface area (Å²) in [5.41, 5.74) is 0.976. The Morgan fingerprint density at radius 2 is 2.53 bits per heavy atom. The lowest BCUT2D eigenvalue weighted by Crippen LogP contribution is -2.28. The van der Waals surface area contributed by atoms with E-state index in [4.69, 9.17) is 4.74 Å². The lowest BCUT2D eigenvalue weighted by molar-refractivity contribution is -0.142. The molecule has 0 amide bonds. The van der Waals surface area contributed by atoms with Gasteiger partial charge in [0.15, 0.2) is 5.17 Å². The smallest absolute Gasteiger partial charge is 0.311 e. The summed E-state index contributed by atoms with van der Waals surface area (Å²) in [6.07, 6.45) is 4.40. The zero-order valence-electron chi connectivity index (χ0n) is 9.80. The second kappa shape index (κ2) is 5.64. The standard InChI is InChI=1S/C11H14N2O2S2/c1-3-15-10(14)6-8-7-17-11-12-9(16-2)4-5-13(8)11/h4,7H,3,5-6H2,1-2H3. The first-order valence-electron chi connectivity index (χ1n) is 5.36. The zero-order chi connectivity index (χ0) is 12.3. The Hall–Kier alpha value is -0.880. The van der Waals surface area contributed by atoms with E-state index in [1.807, 2.05) is 18.6 Å². The number of fused-ring (bicyclic) bond motifs is 1. The highest BCUT2D eigenvalue weighted by molar-refractivity contribution is 8.16. The van der Waals surface area contributed by atoms with Crippen molar-refractivity contribution in [1.82, 2.24) is 4.90 Å². The zero-order valence-corrected chi connectivity index (χ0v) is 11.4. The quantitative estimate of drug-likeness (QED) is 0.734. The first-order chi connectivity index (χ1) is 8.24. The first-order valence-corrected chi connectivity index (χ1v) is 7.46. The normalized spacial score (nSPS) is 18.2. The van der Waals surface area contributed by atoms with Crippen LogP contribution in [0, 0.1) is 0 Å². The minimum absolute atomic E-state index is 0.180. The minimum atomic E-state index is -0.180. The molecule has 4 nitrogen and oxygen atoms in total. The summed E-state index contributed by atoms with van der Waals surface area (Å²) < 4.78 is 4.95. The van der Waals surface area contributed by atoms with Crippen molar-refractivity contribution in [3.63, 3.8) is 0 Å². The Bertz CT molecular complexity index is 416. The molecule has 0 unspecified atom stereocenters. The van der Waals surface area contributed by atoms with E-state index in [1.165, 1.54) is 0 Å². The fourth-order valence-corrected chi connectivity index (χ4v) is 2.99. The van der Waals surface area contributed by atoms with Crippen LogP contribution in [0.5, 0.6) is 0 Å². The molecular weight excluding hydrogens is 256 g/mol. The van der Waals surface area contributed by atoms with Gasteiger partial charge >= 0.3 is 5.97 Å². The molecule has 0 radical (unpaired) electrons. The Labute approximate surface area is 109 Å². The third kappa shape index (κ3) is 2.87. The Balaban J connectivity index is 1.99. The molecule has 0 aromatic heterocycles. The number of aliphatic imine (C=N–C) groups is 1. The average Bonchev–Trinajstić information content (AvgIpc) is 2.72. The maximum Gasteiger partial charge on any atom is 0.311 e. The monoisotopic (exact) mass is 270 g/mol. The lowest BCUT2D eigenvalue weighted by Gasteiger charge is -2.23. The molecule has 2 rings (SSSR count). The van der Waals surface area contributed by atoms with Gasteiger partial charge in [-0.05, 0) is 24.7 Å². The van der Waals surface area contributed by atoms with Gasteiger partial charge in [-0.3, -0.25) is 4.79 Å². The van der Waals surface area contributed by atoms with Gasteiger partial charge in [0.2, 0.25) is 0 Å². The van der Waals surface area contributed by atoms with Crippen molar-refractivity contribution in [2.75, 3.05) is 19.4 Å². The predicted octanol–water partition coefficient (Wildman–Crippen LogP) is 2.40. The van der Waals surface area contributed by atoms with Gasteiger partial charge in [-0.1, -0.05) is 11.8 Å². The van der Waals surface area contributed by atoms with Crippen molar-refractivity contribution >= 4 is 34.7 Å². The molecule has 0 saturated carbocycles. The third-order valence-corrected chi connectivity index (χ3v) is 3.96. The maximum absolute atomic E-state index is 11.4. The molecular formula is C11H14N2O2S2. The number of carbonyl (C=O) groups is 1. The van der Waals surface area contributed by atoms with E-state index >= 15 is 0 Å². The summed E-state index contributed by atoms with van der Waals surface area (Å²) in [4.78, 5) is 18.0. The molecule has 0 saturated heterocycles. The van der Waals surface area contributed by atoms with E-state index in [0.29, 0.717) is 13.0 Å². The molecule has 17 heavy (non-hydrogen) atoms. The second-order valence-corrected chi connectivity index (χ2v) is 5.12. The number of carbonyl (C=O) groups excluding carboxylic acids is 1. The molecule has 0 fully saturated rings. The SMILES string of the molecule is CCOC(=O)CC1=CSC2=NC(SC)=CCN12. The molecule has 0 N–H and O–H groups in total. The number of ether oxygens (including phenoxy) is 1. The van der Waals surface area contributed by atoms with Crippen LogP contribution in [0.25, 0.3) is 0 Å². The highest BCUT2D eigenvalue weighted by Crippen LogP contribution is 2.33. The number of hydrogen-bond donors (Lipinski definition) is 0. The lowest BCUT2D eigenvalue weighted by atomic mass is 10.3. The van der Waals surface area contributed by atoms with Crippen LogP contribution in [0.1, 0.15) is 13.3 Å². The van der Waals surface area contributed by atoms with Crippen LogP contribution >= 0.6 is 23.5 Å². The highest BCUT2D eigenvalue weighted by atomic mass is 32.2. The van der Waals surface area contributed by atoms with Crippen LogP contribution in [0.3, 0.4) is 0 Å². The van der Waals surface area contributed by atoms with Crippen molar-refractivity contribution in [2.24, 2.45) is 4.99 Å². The van der Waals surface area contributed by atoms with E-state index in [1.54, 1.807) is 23.5 Å². The molecule has 0 aromatic carbocycles. The van der Waals surface area contributed by atoms with Gasteiger partial charge in [-0.25, -0.2) is 4.99 Å². The van der Waals surface area contributed by atoms with Crippen molar-refractivity contribution in [3.8, 4) is 0 Å². The van der Waals surface area contributed by atoms with Crippen LogP contribution in [0.15, 0.2) is 27.2 Å². The van der Waals surface area contributed by atoms with Crippen LogP contribution < -0.4 is 0 Å². The Morgan fingerprint density at radius 3 is 3.24 bits per heavy atom. The number of rotatable bonds is 4. The summed E-state index contributed by atoms with van der Waals surface area (Å²) in [5, 5.41) is 3.97. The van der Waals surface area contributed by atoms with Crippen LogP contribution in [-0.2, 0) is 9.53 Å². The van der Waals surface area contributed by atoms with Crippen LogP contribution in [0.4, 0.5) is 0 Å². The molecule has 0 aromatic rings. The molecule has 0 aliphatic carbocycles. The van der Waals surface area contributed by atoms with Gasteiger partial charge in [0.25, 0.3) is 0 Å². The number of amidine groups is 1. The topological polar surface area (TPSA) is 41.9 Å². The highest BCUT2D eigenvalue weighted by Gasteiger charge is 2.26. The molecule has 0 spiro atoms. The van der Waals surface area contributed by atoms with E-state index in [0.717, 1.165) is 22.4 Å². The molecule has 6 heteroatoms. The number of hydrogen-bond acceptors (Lipinski definition) is 6.